The molecule has 1 aliphatic heterocycles. The Morgan fingerprint density at radius 1 is 0.966 bits per heavy atom. The molecule has 0 aromatic heterocycles. The molecule has 0 spiro atoms. The monoisotopic (exact) mass is 417 g/mol. The Kier molecular flexibility index (Phi) is 5.76. The SMILES string of the molecule is COc1ccc(NC(=O)C2(C)COC(c3c(F)c(F)c(F)c(F)c3F)OC2)cc1. The number of amides is 1. The summed E-state index contributed by atoms with van der Waals surface area (Å²) >= 11 is 0. The van der Waals surface area contributed by atoms with Crippen molar-refractivity contribution in [1.29, 1.82) is 0 Å². The molecular formula is C19H16F5NO4. The van der Waals surface area contributed by atoms with Gasteiger partial charge in [-0.3, -0.25) is 4.79 Å². The van der Waals surface area contributed by atoms with Crippen LogP contribution in [0.1, 0.15) is 18.8 Å². The zero-order chi connectivity index (χ0) is 21.3. The first-order valence-electron chi connectivity index (χ1n) is 8.38. The summed E-state index contributed by atoms with van der Waals surface area (Å²) in [5.74, 6) is -10.5. The molecule has 2 aromatic rings. The lowest BCUT2D eigenvalue weighted by Crippen LogP contribution is -2.45. The Balaban J connectivity index is 1.73. The van der Waals surface area contributed by atoms with Crippen LogP contribution in [0.25, 0.3) is 0 Å². The van der Waals surface area contributed by atoms with Crippen molar-refractivity contribution < 1.29 is 41.0 Å². The van der Waals surface area contributed by atoms with E-state index in [1.807, 2.05) is 0 Å². The van der Waals surface area contributed by atoms with Crippen molar-refractivity contribution in [3.63, 3.8) is 0 Å². The molecule has 29 heavy (non-hydrogen) atoms. The minimum Gasteiger partial charge on any atom is -0.497 e. The van der Waals surface area contributed by atoms with E-state index in [0.717, 1.165) is 0 Å². The summed E-state index contributed by atoms with van der Waals surface area (Å²) in [6.07, 6.45) is -1.85. The Morgan fingerprint density at radius 3 is 1.93 bits per heavy atom. The van der Waals surface area contributed by atoms with E-state index < -0.39 is 52.3 Å². The predicted octanol–water partition coefficient (Wildman–Crippen LogP) is 4.08. The van der Waals surface area contributed by atoms with Gasteiger partial charge in [0.05, 0.1) is 31.3 Å². The van der Waals surface area contributed by atoms with Crippen molar-refractivity contribution in [3.05, 3.63) is 58.9 Å². The van der Waals surface area contributed by atoms with Crippen LogP contribution in [-0.2, 0) is 14.3 Å². The van der Waals surface area contributed by atoms with Crippen molar-refractivity contribution in [2.24, 2.45) is 5.41 Å². The van der Waals surface area contributed by atoms with E-state index in [1.165, 1.54) is 14.0 Å². The standard InChI is InChI=1S/C19H16F5NO4/c1-19(18(26)25-9-3-5-10(27-2)6-4-9)7-28-17(29-8-19)11-12(20)14(22)16(24)15(23)13(11)21/h3-6,17H,7-8H2,1-2H3,(H,25,26). The Bertz CT molecular complexity index is 898. The number of halogens is 5. The Morgan fingerprint density at radius 2 is 1.45 bits per heavy atom. The van der Waals surface area contributed by atoms with E-state index in [0.29, 0.717) is 11.4 Å². The molecule has 0 unspecified atom stereocenters. The van der Waals surface area contributed by atoms with Crippen LogP contribution in [0.15, 0.2) is 24.3 Å². The number of carbonyl (C=O) groups is 1. The summed E-state index contributed by atoms with van der Waals surface area (Å²) in [6.45, 7) is 0.721. The third kappa shape index (κ3) is 3.90. The number of hydrogen-bond donors (Lipinski definition) is 1. The van der Waals surface area contributed by atoms with Gasteiger partial charge < -0.3 is 19.5 Å². The van der Waals surface area contributed by atoms with Crippen LogP contribution in [0.4, 0.5) is 27.6 Å². The van der Waals surface area contributed by atoms with Crippen LogP contribution in [-0.4, -0.2) is 26.2 Å². The minimum atomic E-state index is -2.27. The van der Waals surface area contributed by atoms with Gasteiger partial charge in [-0.15, -0.1) is 0 Å². The fraction of sp³-hybridized carbons (Fsp3) is 0.316. The van der Waals surface area contributed by atoms with Gasteiger partial charge in [0.2, 0.25) is 11.7 Å². The normalized spacial score (nSPS) is 21.7. The molecule has 2 aromatic carbocycles. The summed E-state index contributed by atoms with van der Waals surface area (Å²) < 4.78 is 83.1. The number of carbonyl (C=O) groups excluding carboxylic acids is 1. The first-order valence-corrected chi connectivity index (χ1v) is 8.38. The molecule has 0 bridgehead atoms. The lowest BCUT2D eigenvalue weighted by atomic mass is 9.90. The molecule has 5 nitrogen and oxygen atoms in total. The third-order valence-electron chi connectivity index (χ3n) is 4.48. The second-order valence-corrected chi connectivity index (χ2v) is 6.68. The second kappa shape index (κ2) is 7.96. The minimum absolute atomic E-state index is 0.376. The van der Waals surface area contributed by atoms with Gasteiger partial charge in [-0.25, -0.2) is 22.0 Å². The number of hydrogen-bond acceptors (Lipinski definition) is 4. The molecular weight excluding hydrogens is 401 g/mol. The van der Waals surface area contributed by atoms with Crippen molar-refractivity contribution in [3.8, 4) is 5.75 Å². The molecule has 0 atom stereocenters. The number of benzene rings is 2. The second-order valence-electron chi connectivity index (χ2n) is 6.68. The van der Waals surface area contributed by atoms with Crippen LogP contribution in [0.5, 0.6) is 5.75 Å². The molecule has 0 saturated carbocycles. The number of ether oxygens (including phenoxy) is 3. The van der Waals surface area contributed by atoms with Gasteiger partial charge in [-0.2, -0.15) is 0 Å². The largest absolute Gasteiger partial charge is 0.497 e. The van der Waals surface area contributed by atoms with Gasteiger partial charge in [-0.05, 0) is 31.2 Å². The van der Waals surface area contributed by atoms with Crippen molar-refractivity contribution in [2.45, 2.75) is 13.2 Å². The lowest BCUT2D eigenvalue weighted by Gasteiger charge is -2.36. The van der Waals surface area contributed by atoms with Crippen LogP contribution in [0.3, 0.4) is 0 Å². The van der Waals surface area contributed by atoms with E-state index in [-0.39, 0.29) is 13.2 Å². The van der Waals surface area contributed by atoms with Gasteiger partial charge in [0.1, 0.15) is 5.75 Å². The summed E-state index contributed by atoms with van der Waals surface area (Å²) in [5.41, 5.74) is -2.04. The summed E-state index contributed by atoms with van der Waals surface area (Å²) in [5, 5.41) is 2.63. The van der Waals surface area contributed by atoms with E-state index in [1.54, 1.807) is 24.3 Å². The van der Waals surface area contributed by atoms with E-state index in [2.05, 4.69) is 5.32 Å². The van der Waals surface area contributed by atoms with Gasteiger partial charge in [0.25, 0.3) is 0 Å². The van der Waals surface area contributed by atoms with Crippen LogP contribution in [0, 0.1) is 34.5 Å². The molecule has 156 valence electrons. The molecule has 1 heterocycles. The van der Waals surface area contributed by atoms with E-state index >= 15 is 0 Å². The van der Waals surface area contributed by atoms with Crippen molar-refractivity contribution in [1.82, 2.24) is 0 Å². The number of rotatable bonds is 4. The molecule has 10 heteroatoms. The van der Waals surface area contributed by atoms with E-state index in [4.69, 9.17) is 14.2 Å². The van der Waals surface area contributed by atoms with Gasteiger partial charge >= 0.3 is 0 Å². The molecule has 3 rings (SSSR count). The third-order valence-corrected chi connectivity index (χ3v) is 4.48. The fourth-order valence-electron chi connectivity index (χ4n) is 2.69. The molecule has 1 aliphatic rings. The van der Waals surface area contributed by atoms with Gasteiger partial charge in [0.15, 0.2) is 29.6 Å². The average Bonchev–Trinajstić information content (AvgIpc) is 2.73. The predicted molar refractivity (Wildman–Crippen MR) is 90.6 cm³/mol. The highest BCUT2D eigenvalue weighted by Gasteiger charge is 2.42. The highest BCUT2D eigenvalue weighted by Crippen LogP contribution is 2.36. The fourth-order valence-corrected chi connectivity index (χ4v) is 2.69. The Hall–Kier alpha value is -2.72. The van der Waals surface area contributed by atoms with Crippen molar-refractivity contribution in [2.75, 3.05) is 25.6 Å². The maximum absolute atomic E-state index is 13.9. The maximum atomic E-state index is 13.9. The van der Waals surface area contributed by atoms with Crippen LogP contribution >= 0.6 is 0 Å². The summed E-state index contributed by atoms with van der Waals surface area (Å²) in [6, 6.07) is 6.46. The highest BCUT2D eigenvalue weighted by molar-refractivity contribution is 5.95. The maximum Gasteiger partial charge on any atom is 0.234 e. The highest BCUT2D eigenvalue weighted by atomic mass is 19.2. The van der Waals surface area contributed by atoms with Crippen LogP contribution < -0.4 is 10.1 Å². The van der Waals surface area contributed by atoms with Gasteiger partial charge in [-0.1, -0.05) is 0 Å². The number of anilines is 1. The van der Waals surface area contributed by atoms with Gasteiger partial charge in [0, 0.05) is 5.69 Å². The van der Waals surface area contributed by atoms with E-state index in [9.17, 15) is 26.7 Å². The quantitative estimate of drug-likeness (QED) is 0.463. The molecule has 1 N–H and O–H groups in total. The van der Waals surface area contributed by atoms with Crippen molar-refractivity contribution >= 4 is 11.6 Å². The smallest absolute Gasteiger partial charge is 0.234 e. The van der Waals surface area contributed by atoms with Crippen LogP contribution in [0.2, 0.25) is 0 Å². The summed E-state index contributed by atoms with van der Waals surface area (Å²) in [7, 11) is 1.49. The topological polar surface area (TPSA) is 56.8 Å². The first-order chi connectivity index (χ1) is 13.7. The average molecular weight is 417 g/mol. The zero-order valence-corrected chi connectivity index (χ0v) is 15.3. The number of methoxy groups -OCH3 is 1. The molecule has 1 amide bonds. The number of nitrogens with one attached hydrogen (secondary N) is 1. The molecule has 1 fully saturated rings. The molecule has 1 saturated heterocycles. The molecule has 0 aliphatic carbocycles. The lowest BCUT2D eigenvalue weighted by molar-refractivity contribution is -0.228. The molecule has 0 radical (unpaired) electrons. The Labute approximate surface area is 162 Å². The zero-order valence-electron chi connectivity index (χ0n) is 15.3. The summed E-state index contributed by atoms with van der Waals surface area (Å²) in [4.78, 5) is 12.6. The first kappa shape index (κ1) is 21.0.